The Hall–Kier alpha value is -1.60. The number of nitrogens with zero attached hydrogens (tertiary/aromatic N) is 1. The van der Waals surface area contributed by atoms with Crippen LogP contribution in [0.25, 0.3) is 0 Å². The van der Waals surface area contributed by atoms with Crippen LogP contribution in [0.4, 0.5) is 18.9 Å². The molecule has 0 aliphatic heterocycles. The van der Waals surface area contributed by atoms with Gasteiger partial charge in [0.1, 0.15) is 0 Å². The molecule has 0 aliphatic carbocycles. The summed E-state index contributed by atoms with van der Waals surface area (Å²) in [5.41, 5.74) is -0.391. The number of nitrogens with one attached hydrogen (secondary N) is 1. The van der Waals surface area contributed by atoms with Gasteiger partial charge in [-0.05, 0) is 31.5 Å². The van der Waals surface area contributed by atoms with Crippen LogP contribution in [-0.2, 0) is 4.79 Å². The van der Waals surface area contributed by atoms with Crippen molar-refractivity contribution in [2.24, 2.45) is 0 Å². The van der Waals surface area contributed by atoms with Crippen molar-refractivity contribution < 1.29 is 23.1 Å². The fraction of sp³-hybridized carbons (Fsp3) is 0.500. The van der Waals surface area contributed by atoms with Crippen molar-refractivity contribution in [2.75, 3.05) is 31.6 Å². The molecule has 0 atom stereocenters. The molecule has 1 amide bonds. The summed E-state index contributed by atoms with van der Waals surface area (Å²) in [6.07, 6.45) is 1.34. The van der Waals surface area contributed by atoms with Gasteiger partial charge in [0.2, 0.25) is 5.91 Å². The van der Waals surface area contributed by atoms with E-state index in [1.807, 2.05) is 6.92 Å². The van der Waals surface area contributed by atoms with E-state index in [0.29, 0.717) is 19.5 Å². The number of halogens is 3. The molecule has 1 rings (SSSR count). The molecule has 0 fully saturated rings. The normalized spacial score (nSPS) is 11.0. The van der Waals surface area contributed by atoms with E-state index in [1.165, 1.54) is 0 Å². The second kappa shape index (κ2) is 8.63. The molecular weight excluding hydrogens is 285 g/mol. The average Bonchev–Trinajstić information content (AvgIpc) is 2.45. The number of hydrogen-bond donors (Lipinski definition) is 2. The first-order valence-corrected chi connectivity index (χ1v) is 6.76. The number of rotatable bonds is 8. The van der Waals surface area contributed by atoms with Gasteiger partial charge in [0.05, 0.1) is 12.2 Å². The molecule has 7 heteroatoms. The number of amides is 1. The summed E-state index contributed by atoms with van der Waals surface area (Å²) in [5, 5.41) is 11.0. The van der Waals surface area contributed by atoms with Crippen LogP contribution in [-0.4, -0.2) is 42.2 Å². The van der Waals surface area contributed by atoms with Gasteiger partial charge in [0.25, 0.3) is 0 Å². The van der Waals surface area contributed by atoms with Gasteiger partial charge in [-0.25, -0.2) is 13.2 Å². The van der Waals surface area contributed by atoms with E-state index >= 15 is 0 Å². The molecule has 4 nitrogen and oxygen atoms in total. The minimum absolute atomic E-state index is 0.00766. The lowest BCUT2D eigenvalue weighted by atomic mass is 10.2. The monoisotopic (exact) mass is 304 g/mol. The summed E-state index contributed by atoms with van der Waals surface area (Å²) in [6, 6.07) is 1.73. The van der Waals surface area contributed by atoms with Crippen molar-refractivity contribution >= 4 is 11.6 Å². The number of anilines is 1. The fourth-order valence-electron chi connectivity index (χ4n) is 1.90. The zero-order valence-corrected chi connectivity index (χ0v) is 11.8. The molecule has 0 radical (unpaired) electrons. The SMILES string of the molecule is CCCN(CCCO)CC(=O)Nc1ccc(F)c(F)c1F. The fourth-order valence-corrected chi connectivity index (χ4v) is 1.90. The highest BCUT2D eigenvalue weighted by atomic mass is 19.2. The molecule has 0 unspecified atom stereocenters. The highest BCUT2D eigenvalue weighted by molar-refractivity contribution is 5.92. The van der Waals surface area contributed by atoms with Crippen molar-refractivity contribution in [3.05, 3.63) is 29.6 Å². The zero-order chi connectivity index (χ0) is 15.8. The van der Waals surface area contributed by atoms with Gasteiger partial charge in [-0.2, -0.15) is 0 Å². The Morgan fingerprint density at radius 2 is 1.95 bits per heavy atom. The summed E-state index contributed by atoms with van der Waals surface area (Å²) in [5.74, 6) is -4.86. The third kappa shape index (κ3) is 5.35. The standard InChI is InChI=1S/C14H19F3N2O2/c1-2-6-19(7-3-8-20)9-12(21)18-11-5-4-10(15)13(16)14(11)17/h4-5,20H,2-3,6-9H2,1H3,(H,18,21). The van der Waals surface area contributed by atoms with Crippen LogP contribution < -0.4 is 5.32 Å². The van der Waals surface area contributed by atoms with Gasteiger partial charge in [-0.15, -0.1) is 0 Å². The quantitative estimate of drug-likeness (QED) is 0.724. The van der Waals surface area contributed by atoms with Gasteiger partial charge in [0, 0.05) is 13.2 Å². The Labute approximate surface area is 121 Å². The highest BCUT2D eigenvalue weighted by Crippen LogP contribution is 2.19. The minimum Gasteiger partial charge on any atom is -0.396 e. The van der Waals surface area contributed by atoms with Crippen LogP contribution >= 0.6 is 0 Å². The van der Waals surface area contributed by atoms with Crippen LogP contribution in [0, 0.1) is 17.5 Å². The smallest absolute Gasteiger partial charge is 0.238 e. The molecule has 0 spiro atoms. The van der Waals surface area contributed by atoms with E-state index in [9.17, 15) is 18.0 Å². The first kappa shape index (κ1) is 17.5. The Balaban J connectivity index is 2.65. The van der Waals surface area contributed by atoms with Crippen LogP contribution in [0.2, 0.25) is 0 Å². The number of carbonyl (C=O) groups excluding carboxylic acids is 1. The lowest BCUT2D eigenvalue weighted by molar-refractivity contribution is -0.117. The van der Waals surface area contributed by atoms with Crippen LogP contribution in [0.1, 0.15) is 19.8 Å². The summed E-state index contributed by atoms with van der Waals surface area (Å²) in [6.45, 7) is 3.12. The molecule has 0 aromatic heterocycles. The third-order valence-electron chi connectivity index (χ3n) is 2.85. The molecular formula is C14H19F3N2O2. The van der Waals surface area contributed by atoms with E-state index in [4.69, 9.17) is 5.11 Å². The predicted octanol–water partition coefficient (Wildman–Crippen LogP) is 2.14. The van der Waals surface area contributed by atoms with E-state index in [0.717, 1.165) is 18.6 Å². The second-order valence-corrected chi connectivity index (χ2v) is 4.62. The number of aliphatic hydroxyl groups is 1. The molecule has 21 heavy (non-hydrogen) atoms. The second-order valence-electron chi connectivity index (χ2n) is 4.62. The Bertz CT molecular complexity index is 484. The molecule has 2 N–H and O–H groups in total. The maximum absolute atomic E-state index is 13.4. The third-order valence-corrected chi connectivity index (χ3v) is 2.85. The van der Waals surface area contributed by atoms with E-state index in [-0.39, 0.29) is 13.2 Å². The largest absolute Gasteiger partial charge is 0.396 e. The molecule has 0 aliphatic rings. The van der Waals surface area contributed by atoms with E-state index < -0.39 is 29.0 Å². The van der Waals surface area contributed by atoms with Crippen molar-refractivity contribution in [3.8, 4) is 0 Å². The van der Waals surface area contributed by atoms with Crippen molar-refractivity contribution in [1.29, 1.82) is 0 Å². The summed E-state index contributed by atoms with van der Waals surface area (Å²) in [7, 11) is 0. The maximum Gasteiger partial charge on any atom is 0.238 e. The Morgan fingerprint density at radius 3 is 2.57 bits per heavy atom. The summed E-state index contributed by atoms with van der Waals surface area (Å²) in [4.78, 5) is 13.6. The first-order chi connectivity index (χ1) is 9.99. The Kier molecular flexibility index (Phi) is 7.18. The highest BCUT2D eigenvalue weighted by Gasteiger charge is 2.16. The summed E-state index contributed by atoms with van der Waals surface area (Å²) < 4.78 is 39.3. The Morgan fingerprint density at radius 1 is 1.24 bits per heavy atom. The van der Waals surface area contributed by atoms with Gasteiger partial charge < -0.3 is 10.4 Å². The number of benzene rings is 1. The number of carbonyl (C=O) groups is 1. The van der Waals surface area contributed by atoms with Crippen molar-refractivity contribution in [1.82, 2.24) is 4.90 Å². The van der Waals surface area contributed by atoms with Crippen molar-refractivity contribution in [2.45, 2.75) is 19.8 Å². The van der Waals surface area contributed by atoms with Crippen LogP contribution in [0.15, 0.2) is 12.1 Å². The van der Waals surface area contributed by atoms with Gasteiger partial charge >= 0.3 is 0 Å². The first-order valence-electron chi connectivity index (χ1n) is 6.76. The lowest BCUT2D eigenvalue weighted by Gasteiger charge is -2.20. The molecule has 1 aromatic rings. The molecule has 118 valence electrons. The predicted molar refractivity (Wildman–Crippen MR) is 73.4 cm³/mol. The number of hydrogen-bond acceptors (Lipinski definition) is 3. The molecule has 0 heterocycles. The molecule has 0 bridgehead atoms. The summed E-state index contributed by atoms with van der Waals surface area (Å²) >= 11 is 0. The zero-order valence-electron chi connectivity index (χ0n) is 11.8. The van der Waals surface area contributed by atoms with Crippen molar-refractivity contribution in [3.63, 3.8) is 0 Å². The average molecular weight is 304 g/mol. The van der Waals surface area contributed by atoms with Crippen LogP contribution in [0.3, 0.4) is 0 Å². The van der Waals surface area contributed by atoms with Gasteiger partial charge in [-0.1, -0.05) is 6.92 Å². The van der Waals surface area contributed by atoms with Gasteiger partial charge in [0.15, 0.2) is 17.5 Å². The lowest BCUT2D eigenvalue weighted by Crippen LogP contribution is -2.35. The maximum atomic E-state index is 13.4. The van der Waals surface area contributed by atoms with E-state index in [1.54, 1.807) is 4.90 Å². The molecule has 0 saturated carbocycles. The van der Waals surface area contributed by atoms with E-state index in [2.05, 4.69) is 5.32 Å². The van der Waals surface area contributed by atoms with Gasteiger partial charge in [-0.3, -0.25) is 9.69 Å². The number of aliphatic hydroxyl groups excluding tert-OH is 1. The molecule has 1 aromatic carbocycles. The molecule has 0 saturated heterocycles. The topological polar surface area (TPSA) is 52.6 Å². The van der Waals surface area contributed by atoms with Crippen LogP contribution in [0.5, 0.6) is 0 Å². The minimum atomic E-state index is -1.61.